The largest absolute Gasteiger partial charge is 0.468 e. The first-order chi connectivity index (χ1) is 8.20. The second-order valence-electron chi connectivity index (χ2n) is 4.81. The summed E-state index contributed by atoms with van der Waals surface area (Å²) in [5.74, 6) is -0.0127. The van der Waals surface area contributed by atoms with Crippen LogP contribution in [0.2, 0.25) is 0 Å². The van der Waals surface area contributed by atoms with Crippen molar-refractivity contribution in [2.24, 2.45) is 0 Å². The summed E-state index contributed by atoms with van der Waals surface area (Å²) in [6, 6.07) is 0.362. The van der Waals surface area contributed by atoms with Crippen LogP contribution in [-0.2, 0) is 14.3 Å². The summed E-state index contributed by atoms with van der Waals surface area (Å²) in [5.41, 5.74) is 0. The standard InChI is InChI=1S/C12H20N2O3/c1-17-12(16)10-6-8-14(10)7-2-3-11(15)13-9-4-5-9/h9-10H,2-8H2,1H3,(H,13,15). The highest BCUT2D eigenvalue weighted by molar-refractivity contribution is 5.77. The van der Waals surface area contributed by atoms with Crippen LogP contribution in [0.25, 0.3) is 0 Å². The van der Waals surface area contributed by atoms with E-state index in [4.69, 9.17) is 4.74 Å². The van der Waals surface area contributed by atoms with Crippen molar-refractivity contribution >= 4 is 11.9 Å². The normalized spacial score (nSPS) is 23.9. The van der Waals surface area contributed by atoms with Crippen molar-refractivity contribution in [3.8, 4) is 0 Å². The number of nitrogens with one attached hydrogen (secondary N) is 1. The fourth-order valence-electron chi connectivity index (χ4n) is 2.08. The number of hydrogen-bond acceptors (Lipinski definition) is 4. The van der Waals surface area contributed by atoms with Crippen LogP contribution in [0.15, 0.2) is 0 Å². The summed E-state index contributed by atoms with van der Waals surface area (Å²) in [4.78, 5) is 24.8. The summed E-state index contributed by atoms with van der Waals surface area (Å²) >= 11 is 0. The maximum Gasteiger partial charge on any atom is 0.323 e. The van der Waals surface area contributed by atoms with Crippen molar-refractivity contribution < 1.29 is 14.3 Å². The van der Waals surface area contributed by atoms with E-state index in [1.54, 1.807) is 0 Å². The Morgan fingerprint density at radius 2 is 2.12 bits per heavy atom. The number of esters is 1. The average Bonchev–Trinajstić information content (AvgIpc) is 3.06. The number of carbonyl (C=O) groups excluding carboxylic acids is 2. The van der Waals surface area contributed by atoms with Crippen LogP contribution in [0.1, 0.15) is 32.1 Å². The van der Waals surface area contributed by atoms with Gasteiger partial charge < -0.3 is 10.1 Å². The van der Waals surface area contributed by atoms with Crippen LogP contribution >= 0.6 is 0 Å². The molecule has 0 radical (unpaired) electrons. The number of ether oxygens (including phenoxy) is 1. The van der Waals surface area contributed by atoms with Crippen LogP contribution in [0, 0.1) is 0 Å². The van der Waals surface area contributed by atoms with E-state index in [0.29, 0.717) is 12.5 Å². The third kappa shape index (κ3) is 3.43. The molecule has 1 aliphatic heterocycles. The number of likely N-dealkylation sites (tertiary alicyclic amines) is 1. The first-order valence-electron chi connectivity index (χ1n) is 6.32. The molecule has 17 heavy (non-hydrogen) atoms. The van der Waals surface area contributed by atoms with Gasteiger partial charge in [0.05, 0.1) is 7.11 Å². The van der Waals surface area contributed by atoms with E-state index in [9.17, 15) is 9.59 Å². The van der Waals surface area contributed by atoms with Crippen molar-refractivity contribution in [2.75, 3.05) is 20.2 Å². The lowest BCUT2D eigenvalue weighted by atomic mass is 10.0. The molecule has 2 rings (SSSR count). The van der Waals surface area contributed by atoms with Gasteiger partial charge in [0.1, 0.15) is 6.04 Å². The number of rotatable bonds is 6. The van der Waals surface area contributed by atoms with E-state index in [1.807, 2.05) is 0 Å². The molecule has 0 aromatic carbocycles. The van der Waals surface area contributed by atoms with Gasteiger partial charge in [0.25, 0.3) is 0 Å². The zero-order chi connectivity index (χ0) is 12.3. The quantitative estimate of drug-likeness (QED) is 0.678. The lowest BCUT2D eigenvalue weighted by molar-refractivity contribution is -0.151. The Balaban J connectivity index is 1.58. The zero-order valence-electron chi connectivity index (χ0n) is 10.3. The molecule has 1 saturated carbocycles. The molecule has 1 unspecified atom stereocenters. The van der Waals surface area contributed by atoms with Gasteiger partial charge in [-0.1, -0.05) is 0 Å². The topological polar surface area (TPSA) is 58.6 Å². The highest BCUT2D eigenvalue weighted by atomic mass is 16.5. The Bertz CT molecular complexity index is 302. The van der Waals surface area contributed by atoms with Crippen molar-refractivity contribution in [3.05, 3.63) is 0 Å². The van der Waals surface area contributed by atoms with Crippen LogP contribution in [0.4, 0.5) is 0 Å². The smallest absolute Gasteiger partial charge is 0.323 e. The van der Waals surface area contributed by atoms with Gasteiger partial charge in [-0.05, 0) is 32.2 Å². The van der Waals surface area contributed by atoms with Crippen LogP contribution < -0.4 is 5.32 Å². The maximum atomic E-state index is 11.4. The van der Waals surface area contributed by atoms with Gasteiger partial charge in [-0.3, -0.25) is 14.5 Å². The molecule has 0 aromatic rings. The molecule has 96 valence electrons. The van der Waals surface area contributed by atoms with Gasteiger partial charge in [0.15, 0.2) is 0 Å². The summed E-state index contributed by atoms with van der Waals surface area (Å²) < 4.78 is 4.71. The Morgan fingerprint density at radius 1 is 1.35 bits per heavy atom. The first-order valence-corrected chi connectivity index (χ1v) is 6.32. The Morgan fingerprint density at radius 3 is 2.65 bits per heavy atom. The third-order valence-electron chi connectivity index (χ3n) is 3.40. The van der Waals surface area contributed by atoms with E-state index in [2.05, 4.69) is 10.2 Å². The molecule has 1 amide bonds. The summed E-state index contributed by atoms with van der Waals surface area (Å²) in [5, 5.41) is 2.96. The molecule has 1 N–H and O–H groups in total. The minimum Gasteiger partial charge on any atom is -0.468 e. The SMILES string of the molecule is COC(=O)C1CCN1CCCC(=O)NC1CC1. The second kappa shape index (κ2) is 5.49. The van der Waals surface area contributed by atoms with E-state index in [-0.39, 0.29) is 17.9 Å². The minimum atomic E-state index is -0.154. The summed E-state index contributed by atoms with van der Waals surface area (Å²) in [6.07, 6.45) is 4.50. The molecule has 1 heterocycles. The van der Waals surface area contributed by atoms with Crippen LogP contribution in [0.3, 0.4) is 0 Å². The summed E-state index contributed by atoms with van der Waals surface area (Å²) in [6.45, 7) is 1.74. The average molecular weight is 240 g/mol. The molecule has 5 heteroatoms. The number of nitrogens with zero attached hydrogens (tertiary/aromatic N) is 1. The number of carbonyl (C=O) groups is 2. The Kier molecular flexibility index (Phi) is 3.99. The molecule has 1 aliphatic carbocycles. The second-order valence-corrected chi connectivity index (χ2v) is 4.81. The molecule has 1 saturated heterocycles. The lowest BCUT2D eigenvalue weighted by Gasteiger charge is -2.38. The fourth-order valence-corrected chi connectivity index (χ4v) is 2.08. The van der Waals surface area contributed by atoms with Crippen LogP contribution in [-0.4, -0.2) is 49.1 Å². The van der Waals surface area contributed by atoms with Crippen LogP contribution in [0.5, 0.6) is 0 Å². The van der Waals surface area contributed by atoms with Gasteiger partial charge in [0.2, 0.25) is 5.91 Å². The van der Waals surface area contributed by atoms with E-state index in [0.717, 1.165) is 38.8 Å². The third-order valence-corrected chi connectivity index (χ3v) is 3.40. The predicted molar refractivity (Wildman–Crippen MR) is 62.4 cm³/mol. The van der Waals surface area contributed by atoms with Crippen molar-refractivity contribution in [2.45, 2.75) is 44.2 Å². The zero-order valence-corrected chi connectivity index (χ0v) is 10.3. The number of hydrogen-bond donors (Lipinski definition) is 1. The van der Waals surface area contributed by atoms with Crippen molar-refractivity contribution in [1.29, 1.82) is 0 Å². The molecule has 2 aliphatic rings. The molecule has 0 aromatic heterocycles. The van der Waals surface area contributed by atoms with Gasteiger partial charge >= 0.3 is 5.97 Å². The lowest BCUT2D eigenvalue weighted by Crippen LogP contribution is -2.53. The summed E-state index contributed by atoms with van der Waals surface area (Å²) in [7, 11) is 1.42. The molecule has 0 bridgehead atoms. The minimum absolute atomic E-state index is 0.0773. The van der Waals surface area contributed by atoms with E-state index >= 15 is 0 Å². The first kappa shape index (κ1) is 12.4. The molecule has 1 atom stereocenters. The van der Waals surface area contributed by atoms with Gasteiger partial charge in [0, 0.05) is 19.0 Å². The Hall–Kier alpha value is -1.10. The van der Waals surface area contributed by atoms with Gasteiger partial charge in [-0.2, -0.15) is 0 Å². The molecule has 0 spiro atoms. The Labute approximate surface area is 101 Å². The van der Waals surface area contributed by atoms with Gasteiger partial charge in [-0.25, -0.2) is 0 Å². The number of methoxy groups -OCH3 is 1. The monoisotopic (exact) mass is 240 g/mol. The predicted octanol–water partition coefficient (Wildman–Crippen LogP) is 0.293. The number of amides is 1. The molecule has 2 fully saturated rings. The molecular weight excluding hydrogens is 220 g/mol. The highest BCUT2D eigenvalue weighted by Gasteiger charge is 2.34. The maximum absolute atomic E-state index is 11.4. The van der Waals surface area contributed by atoms with E-state index < -0.39 is 0 Å². The molecule has 5 nitrogen and oxygen atoms in total. The van der Waals surface area contributed by atoms with E-state index in [1.165, 1.54) is 7.11 Å². The highest BCUT2D eigenvalue weighted by Crippen LogP contribution is 2.20. The molecular formula is C12H20N2O3. The van der Waals surface area contributed by atoms with Gasteiger partial charge in [-0.15, -0.1) is 0 Å². The fraction of sp³-hybridized carbons (Fsp3) is 0.833. The van der Waals surface area contributed by atoms with Crippen molar-refractivity contribution in [3.63, 3.8) is 0 Å². The van der Waals surface area contributed by atoms with Crippen molar-refractivity contribution in [1.82, 2.24) is 10.2 Å².